The van der Waals surface area contributed by atoms with Crippen molar-refractivity contribution in [2.24, 2.45) is 0 Å². The minimum absolute atomic E-state index is 0.0129. The highest BCUT2D eigenvalue weighted by Crippen LogP contribution is 2.48. The Labute approximate surface area is 183 Å². The molecule has 0 aliphatic heterocycles. The van der Waals surface area contributed by atoms with Crippen LogP contribution in [0.1, 0.15) is 0 Å². The largest absolute Gasteiger partial charge is 0.396 e. The fraction of sp³-hybridized carbons (Fsp3) is 0. The van der Waals surface area contributed by atoms with Crippen molar-refractivity contribution in [2.45, 2.75) is 4.90 Å². The van der Waals surface area contributed by atoms with Crippen molar-refractivity contribution in [3.8, 4) is 5.75 Å². The van der Waals surface area contributed by atoms with Crippen LogP contribution in [0.2, 0.25) is 30.1 Å². The van der Waals surface area contributed by atoms with E-state index in [1.807, 2.05) is 0 Å². The first-order valence-electron chi connectivity index (χ1n) is 5.98. The van der Waals surface area contributed by atoms with Gasteiger partial charge in [-0.15, -0.1) is 0 Å². The average Bonchev–Trinajstić information content (AvgIpc) is 2.60. The van der Waals surface area contributed by atoms with Gasteiger partial charge in [0, 0.05) is 5.02 Å². The predicted molar refractivity (Wildman–Crippen MR) is 111 cm³/mol. The highest BCUT2D eigenvalue weighted by molar-refractivity contribution is 8.39. The number of hydrogen-bond acceptors (Lipinski definition) is 4. The summed E-state index contributed by atoms with van der Waals surface area (Å²) in [5, 5.41) is 0.387. The van der Waals surface area contributed by atoms with Crippen molar-refractivity contribution in [3.05, 3.63) is 54.4 Å². The molecule has 0 radical (unpaired) electrons. The topological polar surface area (TPSA) is 43.4 Å². The molecule has 0 spiro atoms. The minimum Gasteiger partial charge on any atom is -0.396 e. The van der Waals surface area contributed by atoms with Gasteiger partial charge >= 0.3 is 0 Å². The first kappa shape index (κ1) is 21.7. The lowest BCUT2D eigenvalue weighted by molar-refractivity contribution is 0.575. The van der Waals surface area contributed by atoms with Crippen molar-refractivity contribution >= 4 is 107 Å². The molecule has 0 aromatic heterocycles. The maximum Gasteiger partial charge on any atom is 0.261 e. The third-order valence-electron chi connectivity index (χ3n) is 2.54. The number of thioether (sulfide) groups is 1. The molecule has 0 N–H and O–H groups in total. The van der Waals surface area contributed by atoms with Gasteiger partial charge in [0.2, 0.25) is 3.53 Å². The molecule has 2 aromatic rings. The molecule has 0 bridgehead atoms. The Morgan fingerprint density at radius 2 is 1.32 bits per heavy atom. The number of hydrogen-bond donors (Lipinski definition) is 0. The fourth-order valence-corrected chi connectivity index (χ4v) is 5.29. The summed E-state index contributed by atoms with van der Waals surface area (Å²) in [6.45, 7) is 0. The summed E-state index contributed by atoms with van der Waals surface area (Å²) in [5.74, 6) is 0.263. The summed E-state index contributed by atoms with van der Waals surface area (Å²) in [6.07, 6.45) is 0. The van der Waals surface area contributed by atoms with Crippen molar-refractivity contribution in [3.63, 3.8) is 0 Å². The molecule has 0 aliphatic rings. The van der Waals surface area contributed by atoms with Crippen LogP contribution < -0.4 is 4.18 Å². The van der Waals surface area contributed by atoms with Crippen LogP contribution in [-0.4, -0.2) is 11.9 Å². The third kappa shape index (κ3) is 5.21. The average molecular weight is 517 g/mol. The zero-order valence-electron chi connectivity index (χ0n) is 11.5. The Morgan fingerprint density at radius 1 is 0.840 bits per heavy atom. The number of rotatable bonds is 3. The van der Waals surface area contributed by atoms with Gasteiger partial charge in [0.1, 0.15) is 17.0 Å². The van der Waals surface area contributed by atoms with E-state index < -0.39 is 11.1 Å². The summed E-state index contributed by atoms with van der Waals surface area (Å²) >= 11 is 34.4. The molecule has 2 aromatic carbocycles. The van der Waals surface area contributed by atoms with E-state index in [0.717, 1.165) is 11.8 Å². The highest BCUT2D eigenvalue weighted by Gasteiger charge is 2.24. The van der Waals surface area contributed by atoms with Crippen molar-refractivity contribution < 1.29 is 12.6 Å². The molecule has 0 saturated heterocycles. The summed E-state index contributed by atoms with van der Waals surface area (Å²) < 4.78 is 28.7. The molecule has 134 valence electrons. The van der Waals surface area contributed by atoms with Crippen LogP contribution >= 0.6 is 81.4 Å². The Bertz CT molecular complexity index is 868. The molecule has 1 unspecified atom stereocenters. The van der Waals surface area contributed by atoms with Crippen molar-refractivity contribution in [1.82, 2.24) is 0 Å². The molecule has 0 fully saturated rings. The van der Waals surface area contributed by atoms with Gasteiger partial charge in [-0.05, 0) is 24.3 Å². The maximum atomic E-state index is 12.3. The van der Waals surface area contributed by atoms with Gasteiger partial charge < -0.3 is 4.18 Å². The van der Waals surface area contributed by atoms with E-state index in [1.165, 1.54) is 12.1 Å². The van der Waals surface area contributed by atoms with Gasteiger partial charge in [0.15, 0.2) is 0 Å². The summed E-state index contributed by atoms with van der Waals surface area (Å²) in [6, 6.07) is 6.12. The molecular weight excluding hydrogens is 513 g/mol. The molecule has 0 amide bonds. The standard InChI is InChI=1S/C13H4Cl6O3S3/c14-5-1-3-6(4-2-5)22-25(21)13(24-20)23-12-10(18)8(16)7(15)9(17)11(12)19/h1-4H. The zero-order chi connectivity index (χ0) is 18.7. The van der Waals surface area contributed by atoms with Crippen LogP contribution in [0.4, 0.5) is 0 Å². The monoisotopic (exact) mass is 514 g/mol. The quantitative estimate of drug-likeness (QED) is 0.196. The van der Waals surface area contributed by atoms with Gasteiger partial charge in [-0.1, -0.05) is 81.4 Å². The number of halogens is 6. The summed E-state index contributed by atoms with van der Waals surface area (Å²) in [5.41, 5.74) is 0. The normalized spacial score (nSPS) is 11.9. The minimum atomic E-state index is -2.10. The first-order valence-corrected chi connectivity index (χ1v) is 10.9. The molecule has 12 heteroatoms. The lowest BCUT2D eigenvalue weighted by Crippen LogP contribution is -2.10. The van der Waals surface area contributed by atoms with Crippen LogP contribution in [0, 0.1) is 0 Å². The highest BCUT2D eigenvalue weighted by atomic mass is 35.5. The molecule has 3 nitrogen and oxygen atoms in total. The summed E-state index contributed by atoms with van der Waals surface area (Å²) in [7, 11) is 0. The van der Waals surface area contributed by atoms with Crippen LogP contribution in [0.25, 0.3) is 0 Å². The lowest BCUT2D eigenvalue weighted by Gasteiger charge is -2.12. The van der Waals surface area contributed by atoms with Gasteiger partial charge in [0.05, 0.1) is 30.0 Å². The second-order valence-corrected chi connectivity index (χ2v) is 9.85. The molecule has 25 heavy (non-hydrogen) atoms. The Balaban J connectivity index is 2.30. The number of benzene rings is 2. The molecule has 0 saturated carbocycles. The third-order valence-corrected chi connectivity index (χ3v) is 8.55. The Morgan fingerprint density at radius 3 is 1.80 bits per heavy atom. The van der Waals surface area contributed by atoms with Gasteiger partial charge in [-0.3, -0.25) is 0 Å². The van der Waals surface area contributed by atoms with E-state index in [0.29, 0.717) is 5.02 Å². The van der Waals surface area contributed by atoms with Crippen molar-refractivity contribution in [1.29, 1.82) is 0 Å². The second-order valence-electron chi connectivity index (χ2n) is 4.11. The van der Waals surface area contributed by atoms with Gasteiger partial charge in [0.25, 0.3) is 11.1 Å². The SMILES string of the molecule is O=S=C(Sc1c(Cl)c(Cl)c(Cl)c(Cl)c1Cl)S(=O)Oc1ccc(Cl)cc1. The van der Waals surface area contributed by atoms with E-state index in [-0.39, 0.29) is 50.5 Å². The van der Waals surface area contributed by atoms with E-state index >= 15 is 0 Å². The lowest BCUT2D eigenvalue weighted by atomic mass is 10.3. The smallest absolute Gasteiger partial charge is 0.261 e. The van der Waals surface area contributed by atoms with Crippen LogP contribution in [0.3, 0.4) is 0 Å². The summed E-state index contributed by atoms with van der Waals surface area (Å²) in [4.78, 5) is 0.147. The Kier molecular flexibility index (Phi) is 8.26. The molecule has 0 heterocycles. The Hall–Kier alpha value is 0.370. The van der Waals surface area contributed by atoms with E-state index in [2.05, 4.69) is 0 Å². The zero-order valence-corrected chi connectivity index (χ0v) is 18.5. The predicted octanol–water partition coefficient (Wildman–Crippen LogP) is 6.74. The van der Waals surface area contributed by atoms with Crippen LogP contribution in [0.15, 0.2) is 29.2 Å². The molecule has 0 aliphatic carbocycles. The van der Waals surface area contributed by atoms with Crippen molar-refractivity contribution in [2.75, 3.05) is 0 Å². The van der Waals surface area contributed by atoms with Crippen LogP contribution in [0.5, 0.6) is 5.75 Å². The van der Waals surface area contributed by atoms with Gasteiger partial charge in [-0.25, -0.2) is 8.42 Å². The van der Waals surface area contributed by atoms with Crippen LogP contribution in [-0.2, 0) is 22.3 Å². The molecule has 1 atom stereocenters. The molecular formula is C13H4Cl6O3S3. The fourth-order valence-electron chi connectivity index (χ4n) is 1.45. The maximum absolute atomic E-state index is 12.3. The van der Waals surface area contributed by atoms with E-state index in [4.69, 9.17) is 73.8 Å². The van der Waals surface area contributed by atoms with E-state index in [1.54, 1.807) is 12.1 Å². The first-order chi connectivity index (χ1) is 11.8. The van der Waals surface area contributed by atoms with E-state index in [9.17, 15) is 8.42 Å². The van der Waals surface area contributed by atoms with Gasteiger partial charge in [-0.2, -0.15) is 0 Å². The second kappa shape index (κ2) is 9.53. The molecule has 2 rings (SSSR count).